The molecule has 0 spiro atoms. The predicted octanol–water partition coefficient (Wildman–Crippen LogP) is 1.03. The molecule has 1 aromatic heterocycles. The summed E-state index contributed by atoms with van der Waals surface area (Å²) in [6.07, 6.45) is 7.26. The highest BCUT2D eigenvalue weighted by Gasteiger charge is 2.35. The number of ether oxygens (including phenoxy) is 1. The Bertz CT molecular complexity index is 689. The van der Waals surface area contributed by atoms with E-state index < -0.39 is 10.0 Å². The average Bonchev–Trinajstić information content (AvgIpc) is 3.05. The van der Waals surface area contributed by atoms with Crippen LogP contribution in [0.1, 0.15) is 45.2 Å². The number of amides is 1. The SMILES string of the molecule is CCCO[C@@H]1CC[C@H](C(=O)NCc2cn(CC)cn2)C[C@H]1NS(C)(=O)=O. The Morgan fingerprint density at radius 3 is 2.77 bits per heavy atom. The van der Waals surface area contributed by atoms with Crippen LogP contribution in [0.25, 0.3) is 0 Å². The lowest BCUT2D eigenvalue weighted by Gasteiger charge is -2.35. The third-order valence-corrected chi connectivity index (χ3v) is 5.29. The Balaban J connectivity index is 1.93. The molecular weight excluding hydrogens is 356 g/mol. The Labute approximate surface area is 155 Å². The molecule has 2 rings (SSSR count). The highest BCUT2D eigenvalue weighted by molar-refractivity contribution is 7.88. The van der Waals surface area contributed by atoms with E-state index in [1.165, 1.54) is 0 Å². The fourth-order valence-electron chi connectivity index (χ4n) is 3.24. The zero-order chi connectivity index (χ0) is 19.2. The summed E-state index contributed by atoms with van der Waals surface area (Å²) < 4.78 is 33.7. The molecule has 0 bridgehead atoms. The van der Waals surface area contributed by atoms with E-state index in [0.717, 1.165) is 24.9 Å². The summed E-state index contributed by atoms with van der Waals surface area (Å²) in [4.78, 5) is 16.8. The number of nitrogens with zero attached hydrogens (tertiary/aromatic N) is 2. The van der Waals surface area contributed by atoms with Crippen molar-refractivity contribution < 1.29 is 17.9 Å². The van der Waals surface area contributed by atoms with Crippen LogP contribution in [0.5, 0.6) is 0 Å². The summed E-state index contributed by atoms with van der Waals surface area (Å²) in [5.74, 6) is -0.297. The molecule has 8 nitrogen and oxygen atoms in total. The van der Waals surface area contributed by atoms with Crippen LogP contribution in [0, 0.1) is 5.92 Å². The molecule has 9 heteroatoms. The number of nitrogens with one attached hydrogen (secondary N) is 2. The molecule has 1 aliphatic carbocycles. The first-order valence-corrected chi connectivity index (χ1v) is 11.1. The Morgan fingerprint density at radius 1 is 1.38 bits per heavy atom. The first kappa shape index (κ1) is 20.9. The van der Waals surface area contributed by atoms with Crippen molar-refractivity contribution in [1.82, 2.24) is 19.6 Å². The van der Waals surface area contributed by atoms with Gasteiger partial charge in [0, 0.05) is 31.3 Å². The molecule has 1 saturated carbocycles. The van der Waals surface area contributed by atoms with Crippen molar-refractivity contribution in [2.24, 2.45) is 5.92 Å². The highest BCUT2D eigenvalue weighted by atomic mass is 32.2. The van der Waals surface area contributed by atoms with E-state index >= 15 is 0 Å². The minimum Gasteiger partial charge on any atom is -0.377 e. The zero-order valence-corrected chi connectivity index (χ0v) is 16.6. The van der Waals surface area contributed by atoms with Gasteiger partial charge >= 0.3 is 0 Å². The molecule has 0 aliphatic heterocycles. The number of aromatic nitrogens is 2. The monoisotopic (exact) mass is 386 g/mol. The molecule has 148 valence electrons. The second-order valence-electron chi connectivity index (χ2n) is 6.83. The van der Waals surface area contributed by atoms with E-state index in [1.807, 2.05) is 24.6 Å². The van der Waals surface area contributed by atoms with E-state index in [4.69, 9.17) is 4.74 Å². The fraction of sp³-hybridized carbons (Fsp3) is 0.765. The van der Waals surface area contributed by atoms with Crippen LogP contribution in [0.4, 0.5) is 0 Å². The number of carbonyl (C=O) groups is 1. The molecule has 0 radical (unpaired) electrons. The summed E-state index contributed by atoms with van der Waals surface area (Å²) in [7, 11) is -3.36. The molecule has 1 aliphatic rings. The van der Waals surface area contributed by atoms with Gasteiger partial charge in [-0.3, -0.25) is 4.79 Å². The Hall–Kier alpha value is -1.45. The molecule has 2 N–H and O–H groups in total. The van der Waals surface area contributed by atoms with Crippen molar-refractivity contribution in [3.8, 4) is 0 Å². The maximum absolute atomic E-state index is 12.5. The summed E-state index contributed by atoms with van der Waals surface area (Å²) in [5, 5.41) is 2.91. The highest BCUT2D eigenvalue weighted by Crippen LogP contribution is 2.27. The summed E-state index contributed by atoms with van der Waals surface area (Å²) in [6.45, 7) is 5.84. The van der Waals surface area contributed by atoms with E-state index in [1.54, 1.807) is 6.33 Å². The first-order valence-electron chi connectivity index (χ1n) is 9.19. The molecule has 0 unspecified atom stereocenters. The normalized spacial score (nSPS) is 23.7. The van der Waals surface area contributed by atoms with Gasteiger partial charge in [-0.25, -0.2) is 18.1 Å². The van der Waals surface area contributed by atoms with Gasteiger partial charge in [-0.1, -0.05) is 6.92 Å². The summed E-state index contributed by atoms with van der Waals surface area (Å²) in [6, 6.07) is -0.375. The van der Waals surface area contributed by atoms with E-state index in [9.17, 15) is 13.2 Å². The van der Waals surface area contributed by atoms with Crippen LogP contribution in [0.2, 0.25) is 0 Å². The zero-order valence-electron chi connectivity index (χ0n) is 15.8. The first-order chi connectivity index (χ1) is 12.3. The van der Waals surface area contributed by atoms with Gasteiger partial charge in [0.1, 0.15) is 0 Å². The van der Waals surface area contributed by atoms with E-state index in [0.29, 0.717) is 32.4 Å². The van der Waals surface area contributed by atoms with Crippen molar-refractivity contribution in [2.45, 2.75) is 64.8 Å². The molecule has 3 atom stereocenters. The van der Waals surface area contributed by atoms with Gasteiger partial charge in [0.15, 0.2) is 0 Å². The Morgan fingerprint density at radius 2 is 2.15 bits per heavy atom. The fourth-order valence-corrected chi connectivity index (χ4v) is 4.04. The van der Waals surface area contributed by atoms with Crippen LogP contribution >= 0.6 is 0 Å². The molecule has 26 heavy (non-hydrogen) atoms. The maximum Gasteiger partial charge on any atom is 0.223 e. The predicted molar refractivity (Wildman–Crippen MR) is 98.9 cm³/mol. The lowest BCUT2D eigenvalue weighted by Crippen LogP contribution is -2.50. The van der Waals surface area contributed by atoms with Crippen molar-refractivity contribution in [3.05, 3.63) is 18.2 Å². The van der Waals surface area contributed by atoms with Gasteiger partial charge < -0.3 is 14.6 Å². The number of rotatable bonds is 9. The van der Waals surface area contributed by atoms with Crippen LogP contribution in [-0.2, 0) is 32.6 Å². The van der Waals surface area contributed by atoms with Gasteiger partial charge in [-0.2, -0.15) is 0 Å². The number of hydrogen-bond acceptors (Lipinski definition) is 5. The number of sulfonamides is 1. The number of hydrogen-bond donors (Lipinski definition) is 2. The number of imidazole rings is 1. The molecule has 0 aromatic carbocycles. The summed E-state index contributed by atoms with van der Waals surface area (Å²) in [5.41, 5.74) is 0.811. The lowest BCUT2D eigenvalue weighted by molar-refractivity contribution is -0.127. The van der Waals surface area contributed by atoms with Crippen LogP contribution in [-0.4, -0.2) is 48.9 Å². The van der Waals surface area contributed by atoms with Crippen molar-refractivity contribution in [1.29, 1.82) is 0 Å². The molecular formula is C17H30N4O4S. The van der Waals surface area contributed by atoms with Crippen molar-refractivity contribution in [2.75, 3.05) is 12.9 Å². The van der Waals surface area contributed by atoms with Gasteiger partial charge in [0.05, 0.1) is 30.9 Å². The minimum atomic E-state index is -3.36. The van der Waals surface area contributed by atoms with Gasteiger partial charge in [-0.15, -0.1) is 0 Å². The standard InChI is InChI=1S/C17H30N4O4S/c1-4-8-25-16-7-6-13(9-15(16)20-26(3,23)24)17(22)18-10-14-11-21(5-2)12-19-14/h11-13,15-16,20H,4-10H2,1-3H3,(H,18,22)/t13-,15+,16+/m0/s1. The average molecular weight is 387 g/mol. The van der Waals surface area contributed by atoms with Gasteiger partial charge in [0.25, 0.3) is 0 Å². The topological polar surface area (TPSA) is 102 Å². The largest absolute Gasteiger partial charge is 0.377 e. The third-order valence-electron chi connectivity index (χ3n) is 4.55. The van der Waals surface area contributed by atoms with Crippen molar-refractivity contribution in [3.63, 3.8) is 0 Å². The molecule has 1 fully saturated rings. The van der Waals surface area contributed by atoms with Crippen LogP contribution in [0.3, 0.4) is 0 Å². The van der Waals surface area contributed by atoms with E-state index in [2.05, 4.69) is 15.0 Å². The second-order valence-corrected chi connectivity index (χ2v) is 8.61. The number of aryl methyl sites for hydroxylation is 1. The minimum absolute atomic E-state index is 0.0645. The van der Waals surface area contributed by atoms with E-state index in [-0.39, 0.29) is 24.0 Å². The molecule has 1 heterocycles. The molecule has 0 saturated heterocycles. The van der Waals surface area contributed by atoms with Crippen molar-refractivity contribution >= 4 is 15.9 Å². The van der Waals surface area contributed by atoms with Crippen LogP contribution < -0.4 is 10.0 Å². The smallest absolute Gasteiger partial charge is 0.223 e. The van der Waals surface area contributed by atoms with Crippen LogP contribution in [0.15, 0.2) is 12.5 Å². The number of carbonyl (C=O) groups excluding carboxylic acids is 1. The molecule has 1 aromatic rings. The van der Waals surface area contributed by atoms with Gasteiger partial charge in [0.2, 0.25) is 15.9 Å². The van der Waals surface area contributed by atoms with Gasteiger partial charge in [-0.05, 0) is 32.6 Å². The Kier molecular flexibility index (Phi) is 7.60. The maximum atomic E-state index is 12.5. The summed E-state index contributed by atoms with van der Waals surface area (Å²) >= 11 is 0. The quantitative estimate of drug-likeness (QED) is 0.660. The second kappa shape index (κ2) is 9.48. The lowest BCUT2D eigenvalue weighted by atomic mass is 9.83. The third kappa shape index (κ3) is 6.37. The molecule has 1 amide bonds.